The fraction of sp³-hybridized carbons (Fsp3) is 0.273. The average molecular weight is 416 g/mol. The number of hydrogen-bond acceptors (Lipinski definition) is 3. The van der Waals surface area contributed by atoms with Gasteiger partial charge in [-0.15, -0.1) is 0 Å². The van der Waals surface area contributed by atoms with E-state index in [1.807, 2.05) is 18.2 Å². The standard InChI is InChI=1S/C22H19F3N2O3/c23-22(24,25)17-6-3-4-15(12-17)13-20(28)26-8-10-27(11-9-26)21(29)19-14-16-5-1-2-7-18(16)30-19/h1-7,12,14H,8-11,13H2. The summed E-state index contributed by atoms with van der Waals surface area (Å²) in [5.41, 5.74) is 0.181. The number of para-hydroxylation sites is 1. The first-order valence-corrected chi connectivity index (χ1v) is 9.53. The molecule has 0 atom stereocenters. The minimum Gasteiger partial charge on any atom is -0.451 e. The Kier molecular flexibility index (Phi) is 5.24. The van der Waals surface area contributed by atoms with Crippen LogP contribution in [0.2, 0.25) is 0 Å². The third-order valence-corrected chi connectivity index (χ3v) is 5.17. The molecule has 0 N–H and O–H groups in total. The van der Waals surface area contributed by atoms with Gasteiger partial charge in [-0.2, -0.15) is 13.2 Å². The number of nitrogens with zero attached hydrogens (tertiary/aromatic N) is 2. The van der Waals surface area contributed by atoms with Crippen molar-refractivity contribution in [1.82, 2.24) is 9.80 Å². The van der Waals surface area contributed by atoms with Crippen molar-refractivity contribution in [1.29, 1.82) is 0 Å². The van der Waals surface area contributed by atoms with Gasteiger partial charge in [0.05, 0.1) is 12.0 Å². The highest BCUT2D eigenvalue weighted by molar-refractivity contribution is 5.96. The molecule has 1 aliphatic heterocycles. The number of carbonyl (C=O) groups excluding carboxylic acids is 2. The van der Waals surface area contributed by atoms with Crippen molar-refractivity contribution < 1.29 is 27.2 Å². The third kappa shape index (κ3) is 4.17. The summed E-state index contributed by atoms with van der Waals surface area (Å²) in [6, 6.07) is 13.8. The van der Waals surface area contributed by atoms with Gasteiger partial charge < -0.3 is 14.2 Å². The minimum atomic E-state index is -4.44. The van der Waals surface area contributed by atoms with E-state index in [0.29, 0.717) is 37.3 Å². The normalized spacial score (nSPS) is 14.9. The number of furan rings is 1. The second-order valence-electron chi connectivity index (χ2n) is 7.20. The SMILES string of the molecule is O=C(Cc1cccc(C(F)(F)F)c1)N1CCN(C(=O)c2cc3ccccc3o2)CC1. The predicted octanol–water partition coefficient (Wildman–Crippen LogP) is 3.98. The summed E-state index contributed by atoms with van der Waals surface area (Å²) in [6.45, 7) is 1.32. The zero-order chi connectivity index (χ0) is 21.3. The molecule has 1 aromatic heterocycles. The van der Waals surface area contributed by atoms with Crippen LogP contribution >= 0.6 is 0 Å². The maximum Gasteiger partial charge on any atom is 0.416 e. The van der Waals surface area contributed by atoms with Crippen molar-refractivity contribution in [3.8, 4) is 0 Å². The van der Waals surface area contributed by atoms with E-state index < -0.39 is 11.7 Å². The third-order valence-electron chi connectivity index (χ3n) is 5.17. The molecule has 8 heteroatoms. The van der Waals surface area contributed by atoms with Crippen molar-refractivity contribution in [2.75, 3.05) is 26.2 Å². The van der Waals surface area contributed by atoms with Gasteiger partial charge in [0.15, 0.2) is 5.76 Å². The molecule has 2 aromatic carbocycles. The first-order valence-electron chi connectivity index (χ1n) is 9.53. The molecule has 30 heavy (non-hydrogen) atoms. The quantitative estimate of drug-likeness (QED) is 0.649. The van der Waals surface area contributed by atoms with Crippen LogP contribution in [0.4, 0.5) is 13.2 Å². The molecule has 4 rings (SSSR count). The number of fused-ring (bicyclic) bond motifs is 1. The van der Waals surface area contributed by atoms with E-state index in [9.17, 15) is 22.8 Å². The van der Waals surface area contributed by atoms with Gasteiger partial charge in [0.1, 0.15) is 5.58 Å². The summed E-state index contributed by atoms with van der Waals surface area (Å²) in [5.74, 6) is -0.249. The van der Waals surface area contributed by atoms with E-state index in [0.717, 1.165) is 17.5 Å². The molecular weight excluding hydrogens is 397 g/mol. The molecule has 0 spiro atoms. The molecule has 3 aromatic rings. The van der Waals surface area contributed by atoms with Crippen LogP contribution in [0.15, 0.2) is 59.0 Å². The number of halogens is 3. The Labute approximate surface area is 170 Å². The highest BCUT2D eigenvalue weighted by Crippen LogP contribution is 2.29. The number of rotatable bonds is 3. The molecule has 1 aliphatic rings. The van der Waals surface area contributed by atoms with Crippen molar-refractivity contribution in [2.24, 2.45) is 0 Å². The van der Waals surface area contributed by atoms with E-state index in [-0.39, 0.29) is 24.0 Å². The number of benzene rings is 2. The fourth-order valence-corrected chi connectivity index (χ4v) is 3.55. The second kappa shape index (κ2) is 7.85. The highest BCUT2D eigenvalue weighted by Gasteiger charge is 2.31. The molecule has 1 fully saturated rings. The van der Waals surface area contributed by atoms with E-state index in [1.54, 1.807) is 21.9 Å². The molecule has 1 saturated heterocycles. The second-order valence-corrected chi connectivity index (χ2v) is 7.20. The molecule has 156 valence electrons. The lowest BCUT2D eigenvalue weighted by Crippen LogP contribution is -2.50. The fourth-order valence-electron chi connectivity index (χ4n) is 3.55. The topological polar surface area (TPSA) is 53.8 Å². The summed E-state index contributed by atoms with van der Waals surface area (Å²) in [5, 5.41) is 0.843. The molecule has 0 aliphatic carbocycles. The van der Waals surface area contributed by atoms with Crippen molar-refractivity contribution in [3.63, 3.8) is 0 Å². The van der Waals surface area contributed by atoms with Crippen molar-refractivity contribution >= 4 is 22.8 Å². The Morgan fingerprint density at radius 3 is 2.30 bits per heavy atom. The monoisotopic (exact) mass is 416 g/mol. The van der Waals surface area contributed by atoms with Gasteiger partial charge >= 0.3 is 6.18 Å². The molecule has 0 unspecified atom stereocenters. The number of hydrogen-bond donors (Lipinski definition) is 0. The smallest absolute Gasteiger partial charge is 0.416 e. The number of alkyl halides is 3. The van der Waals surface area contributed by atoms with E-state index in [2.05, 4.69) is 0 Å². The molecule has 2 heterocycles. The lowest BCUT2D eigenvalue weighted by atomic mass is 10.1. The highest BCUT2D eigenvalue weighted by atomic mass is 19.4. The zero-order valence-corrected chi connectivity index (χ0v) is 16.0. The van der Waals surface area contributed by atoms with Crippen LogP contribution < -0.4 is 0 Å². The minimum absolute atomic E-state index is 0.110. The Bertz CT molecular complexity index is 1050. The van der Waals surface area contributed by atoms with Crippen LogP contribution in [0.1, 0.15) is 21.7 Å². The molecule has 0 radical (unpaired) electrons. The van der Waals surface area contributed by atoms with Gasteiger partial charge in [-0.05, 0) is 23.8 Å². The van der Waals surface area contributed by atoms with E-state index >= 15 is 0 Å². The van der Waals surface area contributed by atoms with E-state index in [1.165, 1.54) is 12.1 Å². The lowest BCUT2D eigenvalue weighted by Gasteiger charge is -2.34. The number of piperazine rings is 1. The Hall–Kier alpha value is -3.29. The van der Waals surface area contributed by atoms with Gasteiger partial charge in [-0.1, -0.05) is 36.4 Å². The first-order chi connectivity index (χ1) is 14.3. The molecule has 0 bridgehead atoms. The Morgan fingerprint density at radius 2 is 1.60 bits per heavy atom. The van der Waals surface area contributed by atoms with Crippen LogP contribution in [-0.2, 0) is 17.4 Å². The molecular formula is C22H19F3N2O3. The van der Waals surface area contributed by atoms with Crippen molar-refractivity contribution in [3.05, 3.63) is 71.5 Å². The number of carbonyl (C=O) groups is 2. The maximum atomic E-state index is 12.8. The Morgan fingerprint density at radius 1 is 0.900 bits per heavy atom. The first kappa shape index (κ1) is 20.0. The van der Waals surface area contributed by atoms with Crippen LogP contribution in [0.5, 0.6) is 0 Å². The van der Waals surface area contributed by atoms with Gasteiger partial charge in [0.25, 0.3) is 5.91 Å². The zero-order valence-electron chi connectivity index (χ0n) is 16.0. The van der Waals surface area contributed by atoms with Gasteiger partial charge in [-0.3, -0.25) is 9.59 Å². The van der Waals surface area contributed by atoms with Gasteiger partial charge in [0.2, 0.25) is 5.91 Å². The van der Waals surface area contributed by atoms with Gasteiger partial charge in [-0.25, -0.2) is 0 Å². The summed E-state index contributed by atoms with van der Waals surface area (Å²) >= 11 is 0. The number of amides is 2. The van der Waals surface area contributed by atoms with Gasteiger partial charge in [0, 0.05) is 31.6 Å². The largest absolute Gasteiger partial charge is 0.451 e. The lowest BCUT2D eigenvalue weighted by molar-refractivity contribution is -0.138. The average Bonchev–Trinajstić information content (AvgIpc) is 3.17. The van der Waals surface area contributed by atoms with Crippen LogP contribution in [0.25, 0.3) is 11.0 Å². The van der Waals surface area contributed by atoms with Crippen LogP contribution in [-0.4, -0.2) is 47.8 Å². The summed E-state index contributed by atoms with van der Waals surface area (Å²) in [4.78, 5) is 28.4. The molecule has 2 amide bonds. The maximum absolute atomic E-state index is 12.8. The molecule has 0 saturated carbocycles. The molecule has 5 nitrogen and oxygen atoms in total. The predicted molar refractivity (Wildman–Crippen MR) is 104 cm³/mol. The van der Waals surface area contributed by atoms with E-state index in [4.69, 9.17) is 4.42 Å². The summed E-state index contributed by atoms with van der Waals surface area (Å²) < 4.78 is 44.1. The van der Waals surface area contributed by atoms with Crippen molar-refractivity contribution in [2.45, 2.75) is 12.6 Å². The summed E-state index contributed by atoms with van der Waals surface area (Å²) in [7, 11) is 0. The van der Waals surface area contributed by atoms with Crippen LogP contribution in [0, 0.1) is 0 Å². The summed E-state index contributed by atoms with van der Waals surface area (Å²) in [6.07, 6.45) is -4.55. The Balaban J connectivity index is 1.36. The van der Waals surface area contributed by atoms with Crippen LogP contribution in [0.3, 0.4) is 0 Å².